The molecule has 2 amide bonds. The van der Waals surface area contributed by atoms with E-state index >= 15 is 0 Å². The fourth-order valence-corrected chi connectivity index (χ4v) is 2.37. The number of hydrogen-bond donors (Lipinski definition) is 2. The molecule has 1 saturated heterocycles. The summed E-state index contributed by atoms with van der Waals surface area (Å²) in [5, 5.41) is 2.65. The maximum absolute atomic E-state index is 12.6. The van der Waals surface area contributed by atoms with Crippen LogP contribution in [0.3, 0.4) is 0 Å². The number of hydrogen-bond acceptors (Lipinski definition) is 4. The fourth-order valence-electron chi connectivity index (χ4n) is 2.37. The predicted octanol–water partition coefficient (Wildman–Crippen LogP) is -0.137. The Hall–Kier alpha value is -1.50. The zero-order valence-corrected chi connectivity index (χ0v) is 12.6. The van der Waals surface area contributed by atoms with Gasteiger partial charge in [0.15, 0.2) is 12.5 Å². The summed E-state index contributed by atoms with van der Waals surface area (Å²) in [6, 6.07) is -0.669. The normalized spacial score (nSPS) is 19.5. The van der Waals surface area contributed by atoms with Gasteiger partial charge in [-0.15, -0.1) is 0 Å². The maximum Gasteiger partial charge on any atom is 0.254 e. The molecule has 120 valence electrons. The minimum atomic E-state index is -1.18. The number of rotatable bonds is 8. The lowest BCUT2D eigenvalue weighted by Gasteiger charge is -2.24. The third-order valence-corrected chi connectivity index (χ3v) is 3.56. The summed E-state index contributed by atoms with van der Waals surface area (Å²) in [7, 11) is 0. The number of Topliss-reactive ketones (excluding diaryl/α,β-unsaturated/α-hetero) is 1. The second-order valence-corrected chi connectivity index (χ2v) is 5.89. The molecule has 6 nitrogen and oxygen atoms in total. The molecule has 0 radical (unpaired) electrons. The molecule has 0 bridgehead atoms. The van der Waals surface area contributed by atoms with E-state index in [4.69, 9.17) is 5.73 Å². The highest BCUT2D eigenvalue weighted by Crippen LogP contribution is 2.12. The Balaban J connectivity index is 2.63. The molecule has 1 heterocycles. The maximum atomic E-state index is 12.6. The Labute approximate surface area is 124 Å². The first kappa shape index (κ1) is 17.6. The molecule has 1 rings (SSSR count). The molecular weight excluding hydrogens is 277 g/mol. The van der Waals surface area contributed by atoms with Gasteiger partial charge in [0.05, 0.1) is 18.5 Å². The van der Waals surface area contributed by atoms with Gasteiger partial charge in [-0.25, -0.2) is 4.39 Å². The first-order valence-corrected chi connectivity index (χ1v) is 7.24. The predicted molar refractivity (Wildman–Crippen MR) is 76.1 cm³/mol. The molecule has 1 aliphatic heterocycles. The first-order valence-electron chi connectivity index (χ1n) is 7.24. The number of alkyl halides is 1. The van der Waals surface area contributed by atoms with Gasteiger partial charge in [-0.2, -0.15) is 0 Å². The topological polar surface area (TPSA) is 92.5 Å². The third kappa shape index (κ3) is 5.41. The Bertz CT molecular complexity index is 401. The van der Waals surface area contributed by atoms with E-state index in [-0.39, 0.29) is 36.6 Å². The van der Waals surface area contributed by atoms with E-state index in [2.05, 4.69) is 5.32 Å². The highest BCUT2D eigenvalue weighted by Gasteiger charge is 2.30. The van der Waals surface area contributed by atoms with Crippen molar-refractivity contribution in [1.29, 1.82) is 0 Å². The molecule has 0 aromatic carbocycles. The van der Waals surface area contributed by atoms with Crippen molar-refractivity contribution in [2.45, 2.75) is 32.7 Å². The highest BCUT2D eigenvalue weighted by molar-refractivity contribution is 5.90. The largest absolute Gasteiger partial charge is 0.356 e. The zero-order valence-electron chi connectivity index (χ0n) is 12.6. The number of carbonyl (C=O) groups is 3. The molecular formula is C14H24FN3O3. The van der Waals surface area contributed by atoms with Crippen LogP contribution < -0.4 is 11.1 Å². The summed E-state index contributed by atoms with van der Waals surface area (Å²) in [6.45, 7) is 3.08. The van der Waals surface area contributed by atoms with Crippen molar-refractivity contribution in [3.63, 3.8) is 0 Å². The van der Waals surface area contributed by atoms with Crippen LogP contribution in [0.15, 0.2) is 0 Å². The summed E-state index contributed by atoms with van der Waals surface area (Å²) < 4.78 is 12.6. The molecule has 0 aliphatic carbocycles. The molecule has 0 saturated carbocycles. The molecule has 2 atom stereocenters. The smallest absolute Gasteiger partial charge is 0.254 e. The molecule has 0 aromatic heterocycles. The van der Waals surface area contributed by atoms with E-state index in [0.29, 0.717) is 19.4 Å². The van der Waals surface area contributed by atoms with Gasteiger partial charge in [0, 0.05) is 13.1 Å². The summed E-state index contributed by atoms with van der Waals surface area (Å²) in [4.78, 5) is 36.3. The number of nitrogens with zero attached hydrogens (tertiary/aromatic N) is 1. The summed E-state index contributed by atoms with van der Waals surface area (Å²) in [5.74, 6) is -1.36. The third-order valence-electron chi connectivity index (χ3n) is 3.56. The van der Waals surface area contributed by atoms with Gasteiger partial charge in [0.25, 0.3) is 5.91 Å². The summed E-state index contributed by atoms with van der Waals surface area (Å²) in [6.07, 6.45) is 1.10. The number of ketones is 1. The SMILES string of the molecule is CC(C)C[C@H](N)C(=O)CN(C[C@@H]1CCNC1=O)C(=O)CF. The lowest BCUT2D eigenvalue weighted by molar-refractivity contribution is -0.138. The van der Waals surface area contributed by atoms with Gasteiger partial charge in [-0.3, -0.25) is 14.4 Å². The van der Waals surface area contributed by atoms with Gasteiger partial charge in [-0.05, 0) is 18.8 Å². The minimum Gasteiger partial charge on any atom is -0.356 e. The second kappa shape index (κ2) is 8.07. The van der Waals surface area contributed by atoms with Crippen LogP contribution in [-0.4, -0.2) is 54.8 Å². The minimum absolute atomic E-state index is 0.0642. The Morgan fingerprint density at radius 3 is 2.62 bits per heavy atom. The zero-order chi connectivity index (χ0) is 16.0. The molecule has 21 heavy (non-hydrogen) atoms. The molecule has 3 N–H and O–H groups in total. The van der Waals surface area contributed by atoms with Gasteiger partial charge in [0.1, 0.15) is 0 Å². The summed E-state index contributed by atoms with van der Waals surface area (Å²) >= 11 is 0. The average molecular weight is 301 g/mol. The highest BCUT2D eigenvalue weighted by atomic mass is 19.1. The number of amides is 2. The van der Waals surface area contributed by atoms with Crippen LogP contribution >= 0.6 is 0 Å². The number of nitrogens with one attached hydrogen (secondary N) is 1. The van der Waals surface area contributed by atoms with Crippen LogP contribution in [0.2, 0.25) is 0 Å². The lowest BCUT2D eigenvalue weighted by atomic mass is 10.0. The molecule has 1 aliphatic rings. The fraction of sp³-hybridized carbons (Fsp3) is 0.786. The van der Waals surface area contributed by atoms with E-state index in [1.807, 2.05) is 13.8 Å². The van der Waals surface area contributed by atoms with E-state index in [9.17, 15) is 18.8 Å². The van der Waals surface area contributed by atoms with Gasteiger partial charge >= 0.3 is 0 Å². The monoisotopic (exact) mass is 301 g/mol. The van der Waals surface area contributed by atoms with Crippen LogP contribution in [0.4, 0.5) is 4.39 Å². The Kier molecular flexibility index (Phi) is 6.74. The standard InChI is InChI=1S/C14H24FN3O3/c1-9(2)5-11(16)12(19)8-18(13(20)6-15)7-10-3-4-17-14(10)21/h9-11H,3-8,16H2,1-2H3,(H,17,21)/t10-,11-/m0/s1. The summed E-state index contributed by atoms with van der Waals surface area (Å²) in [5.41, 5.74) is 5.78. The van der Waals surface area contributed by atoms with Crippen LogP contribution in [0.5, 0.6) is 0 Å². The number of carbonyl (C=O) groups excluding carboxylic acids is 3. The van der Waals surface area contributed by atoms with Crippen LogP contribution in [0.25, 0.3) is 0 Å². The van der Waals surface area contributed by atoms with Crippen molar-refractivity contribution < 1.29 is 18.8 Å². The molecule has 0 spiro atoms. The molecule has 1 fully saturated rings. The van der Waals surface area contributed by atoms with Crippen LogP contribution in [0.1, 0.15) is 26.7 Å². The van der Waals surface area contributed by atoms with Gasteiger partial charge < -0.3 is 16.0 Å². The van der Waals surface area contributed by atoms with Crippen molar-refractivity contribution in [3.8, 4) is 0 Å². The second-order valence-electron chi connectivity index (χ2n) is 5.89. The average Bonchev–Trinajstić information content (AvgIpc) is 2.81. The van der Waals surface area contributed by atoms with E-state index in [1.165, 1.54) is 0 Å². The van der Waals surface area contributed by atoms with Crippen LogP contribution in [0, 0.1) is 11.8 Å². The van der Waals surface area contributed by atoms with Crippen molar-refractivity contribution >= 4 is 17.6 Å². The number of halogens is 1. The lowest BCUT2D eigenvalue weighted by Crippen LogP contribution is -2.46. The molecule has 0 aromatic rings. The Morgan fingerprint density at radius 2 is 2.14 bits per heavy atom. The van der Waals surface area contributed by atoms with E-state index in [1.54, 1.807) is 0 Å². The van der Waals surface area contributed by atoms with Crippen molar-refractivity contribution in [2.75, 3.05) is 26.3 Å². The van der Waals surface area contributed by atoms with Crippen LogP contribution in [-0.2, 0) is 14.4 Å². The quantitative estimate of drug-likeness (QED) is 0.653. The number of nitrogens with two attached hydrogens (primary N) is 1. The molecule has 0 unspecified atom stereocenters. The van der Waals surface area contributed by atoms with Crippen molar-refractivity contribution in [1.82, 2.24) is 10.2 Å². The van der Waals surface area contributed by atoms with Gasteiger partial charge in [0.2, 0.25) is 5.91 Å². The van der Waals surface area contributed by atoms with Gasteiger partial charge in [-0.1, -0.05) is 13.8 Å². The van der Waals surface area contributed by atoms with E-state index < -0.39 is 18.6 Å². The van der Waals surface area contributed by atoms with E-state index in [0.717, 1.165) is 4.90 Å². The van der Waals surface area contributed by atoms with Crippen molar-refractivity contribution in [2.24, 2.45) is 17.6 Å². The Morgan fingerprint density at radius 1 is 1.48 bits per heavy atom. The van der Waals surface area contributed by atoms with Crippen molar-refractivity contribution in [3.05, 3.63) is 0 Å². The molecule has 7 heteroatoms. The first-order chi connectivity index (χ1) is 9.85.